The lowest BCUT2D eigenvalue weighted by atomic mass is 9.85. The lowest BCUT2D eigenvalue weighted by molar-refractivity contribution is -0.145. The van der Waals surface area contributed by atoms with Gasteiger partial charge in [0.1, 0.15) is 5.78 Å². The van der Waals surface area contributed by atoms with E-state index in [0.717, 1.165) is 24.8 Å². The fourth-order valence-corrected chi connectivity index (χ4v) is 6.00. The van der Waals surface area contributed by atoms with Crippen LogP contribution in [0.3, 0.4) is 0 Å². The minimum atomic E-state index is -0.731. The summed E-state index contributed by atoms with van der Waals surface area (Å²) in [6, 6.07) is 8.93. The van der Waals surface area contributed by atoms with Crippen LogP contribution in [0.4, 0.5) is 0 Å². The van der Waals surface area contributed by atoms with Crippen molar-refractivity contribution in [2.45, 2.75) is 97.1 Å². The number of carbonyl (C=O) groups excluding carboxylic acids is 3. The Balaban J connectivity index is 2.13. The number of Topliss-reactive ketones (excluding diaryl/α,β-unsaturated/α-hetero) is 1. The van der Waals surface area contributed by atoms with Crippen molar-refractivity contribution in [3.63, 3.8) is 0 Å². The Morgan fingerprint density at radius 2 is 1.69 bits per heavy atom. The van der Waals surface area contributed by atoms with Crippen molar-refractivity contribution in [3.8, 4) is 0 Å². The Hall–Kier alpha value is -2.29. The molecule has 0 saturated carbocycles. The number of likely N-dealkylation sites (tertiary alicyclic amines) is 1. The minimum Gasteiger partial charge on any atom is -0.388 e. The number of nitrogens with zero attached hydrogens (tertiary/aromatic N) is 2. The molecule has 1 fully saturated rings. The molecule has 0 unspecified atom stereocenters. The first-order chi connectivity index (χ1) is 18.5. The summed E-state index contributed by atoms with van der Waals surface area (Å²) in [7, 11) is 4.95. The van der Waals surface area contributed by atoms with Gasteiger partial charge in [0.05, 0.1) is 36.8 Å². The minimum absolute atomic E-state index is 0.0123. The molecular formula is C31H50N2O6. The molecule has 0 aromatic heterocycles. The molecule has 0 aliphatic carbocycles. The Morgan fingerprint density at radius 1 is 1.05 bits per heavy atom. The number of aliphatic hydroxyl groups is 1. The third-order valence-corrected chi connectivity index (χ3v) is 8.71. The van der Waals surface area contributed by atoms with Crippen LogP contribution in [0.25, 0.3) is 0 Å². The highest BCUT2D eigenvalue weighted by molar-refractivity contribution is 5.82. The van der Waals surface area contributed by atoms with Gasteiger partial charge in [0.25, 0.3) is 0 Å². The maximum atomic E-state index is 13.6. The van der Waals surface area contributed by atoms with Crippen LogP contribution in [0.2, 0.25) is 0 Å². The zero-order valence-corrected chi connectivity index (χ0v) is 25.1. The first-order valence-corrected chi connectivity index (χ1v) is 14.3. The molecule has 1 aliphatic rings. The Bertz CT molecular complexity index is 925. The van der Waals surface area contributed by atoms with Crippen LogP contribution in [0.15, 0.2) is 30.3 Å². The highest BCUT2D eigenvalue weighted by Gasteiger charge is 2.41. The summed E-state index contributed by atoms with van der Waals surface area (Å²) < 4.78 is 11.7. The Morgan fingerprint density at radius 3 is 2.23 bits per heavy atom. The summed E-state index contributed by atoms with van der Waals surface area (Å²) in [6.07, 6.45) is 1.19. The number of amides is 2. The fraction of sp³-hybridized carbons (Fsp3) is 0.710. The van der Waals surface area contributed by atoms with E-state index in [1.54, 1.807) is 26.2 Å². The van der Waals surface area contributed by atoms with Crippen molar-refractivity contribution in [2.24, 2.45) is 17.8 Å². The topological polar surface area (TPSA) is 96.4 Å². The van der Waals surface area contributed by atoms with E-state index >= 15 is 0 Å². The molecule has 8 heteroatoms. The van der Waals surface area contributed by atoms with Crippen LogP contribution in [0.1, 0.15) is 78.4 Å². The molecule has 1 aliphatic heterocycles. The number of ether oxygens (including phenoxy) is 2. The summed E-state index contributed by atoms with van der Waals surface area (Å²) in [5.74, 6) is -0.633. The van der Waals surface area contributed by atoms with Crippen molar-refractivity contribution in [2.75, 3.05) is 27.8 Å². The second kappa shape index (κ2) is 15.5. The van der Waals surface area contributed by atoms with Gasteiger partial charge in [-0.05, 0) is 30.2 Å². The van der Waals surface area contributed by atoms with Gasteiger partial charge in [0.15, 0.2) is 0 Å². The molecule has 2 amide bonds. The van der Waals surface area contributed by atoms with Crippen LogP contribution in [-0.2, 0) is 23.9 Å². The van der Waals surface area contributed by atoms with Gasteiger partial charge in [0.2, 0.25) is 11.8 Å². The number of rotatable bonds is 15. The van der Waals surface area contributed by atoms with Crippen molar-refractivity contribution in [3.05, 3.63) is 35.9 Å². The van der Waals surface area contributed by atoms with Crippen LogP contribution in [-0.4, -0.2) is 84.6 Å². The summed E-state index contributed by atoms with van der Waals surface area (Å²) in [5, 5.41) is 10.8. The van der Waals surface area contributed by atoms with Crippen LogP contribution < -0.4 is 0 Å². The number of hydrogen-bond acceptors (Lipinski definition) is 6. The second-order valence-electron chi connectivity index (χ2n) is 11.3. The number of benzene rings is 1. The van der Waals surface area contributed by atoms with Gasteiger partial charge in [-0.25, -0.2) is 0 Å². The number of ketones is 1. The third-order valence-electron chi connectivity index (χ3n) is 8.71. The van der Waals surface area contributed by atoms with Gasteiger partial charge in [-0.15, -0.1) is 0 Å². The summed E-state index contributed by atoms with van der Waals surface area (Å²) in [4.78, 5) is 42.7. The molecule has 0 spiro atoms. The van der Waals surface area contributed by atoms with Gasteiger partial charge in [-0.3, -0.25) is 14.4 Å². The molecule has 1 N–H and O–H groups in total. The van der Waals surface area contributed by atoms with Crippen LogP contribution in [0.5, 0.6) is 0 Å². The SMILES string of the molecule is CC[C@H](C)[C@@H]([C@@H](CC(=O)N1CCC[C@H]1[C@H](OC)[C@@H](C)C(=O)C[C@H](C)[C@@H](O)c1ccccc1)OC)N(C)C(C)=O. The zero-order valence-electron chi connectivity index (χ0n) is 25.1. The predicted octanol–water partition coefficient (Wildman–Crippen LogP) is 4.26. The van der Waals surface area contributed by atoms with Gasteiger partial charge in [-0.1, -0.05) is 64.4 Å². The molecule has 0 bridgehead atoms. The molecule has 2 rings (SSSR count). The normalized spacial score (nSPS) is 20.9. The number of carbonyl (C=O) groups is 3. The molecule has 1 heterocycles. The van der Waals surface area contributed by atoms with Crippen molar-refractivity contribution >= 4 is 17.6 Å². The molecule has 1 aromatic carbocycles. The van der Waals surface area contributed by atoms with E-state index in [2.05, 4.69) is 13.8 Å². The van der Waals surface area contributed by atoms with E-state index in [-0.39, 0.29) is 54.4 Å². The highest BCUT2D eigenvalue weighted by atomic mass is 16.5. The fourth-order valence-electron chi connectivity index (χ4n) is 6.00. The van der Waals surface area contributed by atoms with E-state index in [1.165, 1.54) is 6.92 Å². The maximum Gasteiger partial charge on any atom is 0.225 e. The van der Waals surface area contributed by atoms with Gasteiger partial charge in [-0.2, -0.15) is 0 Å². The molecule has 0 radical (unpaired) electrons. The monoisotopic (exact) mass is 546 g/mol. The van der Waals surface area contributed by atoms with Crippen molar-refractivity contribution in [1.29, 1.82) is 0 Å². The largest absolute Gasteiger partial charge is 0.388 e. The van der Waals surface area contributed by atoms with Gasteiger partial charge < -0.3 is 24.4 Å². The number of hydrogen-bond donors (Lipinski definition) is 1. The van der Waals surface area contributed by atoms with Gasteiger partial charge in [0, 0.05) is 47.1 Å². The van der Waals surface area contributed by atoms with Crippen molar-refractivity contribution in [1.82, 2.24) is 9.80 Å². The van der Waals surface area contributed by atoms with Crippen molar-refractivity contribution < 1.29 is 29.0 Å². The number of methoxy groups -OCH3 is 2. The van der Waals surface area contributed by atoms with E-state index in [0.29, 0.717) is 6.54 Å². The molecule has 8 nitrogen and oxygen atoms in total. The van der Waals surface area contributed by atoms with E-state index in [9.17, 15) is 19.5 Å². The summed E-state index contributed by atoms with van der Waals surface area (Å²) in [5.41, 5.74) is 0.792. The quantitative estimate of drug-likeness (QED) is 0.353. The molecule has 220 valence electrons. The third kappa shape index (κ3) is 8.35. The molecule has 39 heavy (non-hydrogen) atoms. The number of aliphatic hydroxyl groups excluding tert-OH is 1. The van der Waals surface area contributed by atoms with E-state index in [4.69, 9.17) is 9.47 Å². The Labute approximate surface area is 235 Å². The number of likely N-dealkylation sites (N-methyl/N-ethyl adjacent to an activating group) is 1. The van der Waals surface area contributed by atoms with Crippen LogP contribution >= 0.6 is 0 Å². The average Bonchev–Trinajstić information content (AvgIpc) is 3.42. The first-order valence-electron chi connectivity index (χ1n) is 14.3. The predicted molar refractivity (Wildman–Crippen MR) is 152 cm³/mol. The van der Waals surface area contributed by atoms with E-state index in [1.807, 2.05) is 49.1 Å². The molecule has 1 aromatic rings. The standard InChI is InChI=1S/C31H50N2O6/c1-9-20(2)29(32(6)23(5)34)27(38-7)19-28(36)33-17-13-16-25(33)31(39-8)22(4)26(35)18-21(3)30(37)24-14-11-10-12-15-24/h10-12,14-15,20-22,25,27,29-31,37H,9,13,16-19H2,1-8H3/t20-,21-,22-,25-,27+,29-,30+,31+/m0/s1. The average molecular weight is 547 g/mol. The molecule has 8 atom stereocenters. The highest BCUT2D eigenvalue weighted by Crippen LogP contribution is 2.31. The Kier molecular flexibility index (Phi) is 13.1. The smallest absolute Gasteiger partial charge is 0.225 e. The second-order valence-corrected chi connectivity index (χ2v) is 11.3. The summed E-state index contributed by atoms with van der Waals surface area (Å²) in [6.45, 7) is 10.0. The van der Waals surface area contributed by atoms with Gasteiger partial charge >= 0.3 is 0 Å². The zero-order chi connectivity index (χ0) is 29.3. The van der Waals surface area contributed by atoms with E-state index < -0.39 is 24.2 Å². The lowest BCUT2D eigenvalue weighted by Gasteiger charge is -2.39. The lowest BCUT2D eigenvalue weighted by Crippen LogP contribution is -2.52. The summed E-state index contributed by atoms with van der Waals surface area (Å²) >= 11 is 0. The van der Waals surface area contributed by atoms with Crippen LogP contribution in [0, 0.1) is 17.8 Å². The first kappa shape index (κ1) is 32.9. The molecular weight excluding hydrogens is 496 g/mol. The maximum absolute atomic E-state index is 13.6. The molecule has 1 saturated heterocycles.